The molecule has 19 heavy (non-hydrogen) atoms. The van der Waals surface area contributed by atoms with Gasteiger partial charge in [0.15, 0.2) is 0 Å². The van der Waals surface area contributed by atoms with Gasteiger partial charge in [-0.2, -0.15) is 13.8 Å². The van der Waals surface area contributed by atoms with Crippen molar-refractivity contribution in [3.8, 4) is 11.4 Å². The molecule has 1 atom stereocenters. The van der Waals surface area contributed by atoms with Crippen LogP contribution in [-0.4, -0.2) is 10.1 Å². The van der Waals surface area contributed by atoms with Crippen LogP contribution in [0.15, 0.2) is 22.7 Å². The number of aromatic nitrogens is 2. The highest BCUT2D eigenvalue weighted by molar-refractivity contribution is 5.85. The summed E-state index contributed by atoms with van der Waals surface area (Å²) in [4.78, 5) is 3.67. The van der Waals surface area contributed by atoms with Crippen molar-refractivity contribution in [1.29, 1.82) is 0 Å². The Balaban J connectivity index is 0.00000133. The number of rotatable bonds is 2. The third kappa shape index (κ3) is 2.46. The molecule has 1 heterocycles. The van der Waals surface area contributed by atoms with E-state index in [4.69, 9.17) is 5.73 Å². The molecule has 3 rings (SSSR count). The zero-order chi connectivity index (χ0) is 12.7. The maximum atomic E-state index is 12.4. The summed E-state index contributed by atoms with van der Waals surface area (Å²) in [6.45, 7) is 0. The molecule has 0 aliphatic heterocycles. The molecule has 0 amide bonds. The van der Waals surface area contributed by atoms with Gasteiger partial charge in [0.25, 0.3) is 5.89 Å². The van der Waals surface area contributed by atoms with E-state index >= 15 is 0 Å². The van der Waals surface area contributed by atoms with Crippen LogP contribution in [0.2, 0.25) is 0 Å². The van der Waals surface area contributed by atoms with Gasteiger partial charge in [-0.15, -0.1) is 12.4 Å². The van der Waals surface area contributed by atoms with Gasteiger partial charge in [-0.25, -0.2) is 0 Å². The minimum atomic E-state index is -2.74. The van der Waals surface area contributed by atoms with Crippen LogP contribution in [0.5, 0.6) is 0 Å². The Bertz CT molecular complexity index is 588. The van der Waals surface area contributed by atoms with E-state index in [9.17, 15) is 8.78 Å². The number of benzene rings is 1. The Morgan fingerprint density at radius 1 is 1.37 bits per heavy atom. The summed E-state index contributed by atoms with van der Waals surface area (Å²) in [5, 5.41) is 3.55. The van der Waals surface area contributed by atoms with Crippen molar-refractivity contribution in [2.75, 3.05) is 0 Å². The van der Waals surface area contributed by atoms with Gasteiger partial charge in [0.1, 0.15) is 0 Å². The average molecular weight is 288 g/mol. The van der Waals surface area contributed by atoms with Gasteiger partial charge >= 0.3 is 6.43 Å². The molecule has 0 spiro atoms. The van der Waals surface area contributed by atoms with Gasteiger partial charge in [0.2, 0.25) is 5.82 Å². The smallest absolute Gasteiger partial charge is 0.315 e. The second-order valence-electron chi connectivity index (χ2n) is 4.32. The first kappa shape index (κ1) is 13.9. The van der Waals surface area contributed by atoms with Crippen LogP contribution < -0.4 is 5.73 Å². The molecule has 102 valence electrons. The van der Waals surface area contributed by atoms with E-state index < -0.39 is 12.3 Å². The lowest BCUT2D eigenvalue weighted by Gasteiger charge is -2.04. The molecule has 0 saturated carbocycles. The molecular formula is C12H12ClF2N3O. The van der Waals surface area contributed by atoms with E-state index in [0.717, 1.165) is 24.0 Å². The summed E-state index contributed by atoms with van der Waals surface area (Å²) in [7, 11) is 0. The fraction of sp³-hybridized carbons (Fsp3) is 0.333. The Morgan fingerprint density at radius 2 is 2.16 bits per heavy atom. The van der Waals surface area contributed by atoms with Gasteiger partial charge in [0, 0.05) is 11.6 Å². The van der Waals surface area contributed by atoms with Crippen LogP contribution >= 0.6 is 12.4 Å². The first-order chi connectivity index (χ1) is 8.65. The molecule has 4 nitrogen and oxygen atoms in total. The van der Waals surface area contributed by atoms with Crippen LogP contribution in [0.1, 0.15) is 35.9 Å². The summed E-state index contributed by atoms with van der Waals surface area (Å²) in [6.07, 6.45) is -0.939. The molecule has 0 fully saturated rings. The lowest BCUT2D eigenvalue weighted by Crippen LogP contribution is -2.04. The van der Waals surface area contributed by atoms with Crippen molar-refractivity contribution in [1.82, 2.24) is 10.1 Å². The average Bonchev–Trinajstić information content (AvgIpc) is 2.96. The predicted molar refractivity (Wildman–Crippen MR) is 67.2 cm³/mol. The molecule has 0 radical (unpaired) electrons. The lowest BCUT2D eigenvalue weighted by molar-refractivity contribution is 0.106. The van der Waals surface area contributed by atoms with Crippen LogP contribution in [0.3, 0.4) is 0 Å². The monoisotopic (exact) mass is 287 g/mol. The van der Waals surface area contributed by atoms with E-state index in [1.165, 1.54) is 0 Å². The number of hydrogen-bond donors (Lipinski definition) is 1. The van der Waals surface area contributed by atoms with Gasteiger partial charge < -0.3 is 10.3 Å². The summed E-state index contributed by atoms with van der Waals surface area (Å²) < 4.78 is 29.2. The van der Waals surface area contributed by atoms with Crippen molar-refractivity contribution in [3.63, 3.8) is 0 Å². The highest BCUT2D eigenvalue weighted by atomic mass is 35.5. The number of nitrogens with two attached hydrogens (primary N) is 1. The van der Waals surface area contributed by atoms with Crippen LogP contribution in [0.25, 0.3) is 11.4 Å². The molecule has 0 bridgehead atoms. The van der Waals surface area contributed by atoms with Crippen molar-refractivity contribution in [2.24, 2.45) is 5.73 Å². The third-order valence-corrected chi connectivity index (χ3v) is 3.15. The molecule has 1 aliphatic carbocycles. The molecule has 7 heteroatoms. The van der Waals surface area contributed by atoms with Crippen molar-refractivity contribution >= 4 is 12.4 Å². The molecular weight excluding hydrogens is 276 g/mol. The standard InChI is InChI=1S/C12H11F2N3O.ClH/c13-10(14)12-16-11(17-18-12)7-1-3-8-6(5-7)2-4-9(8)15;/h1,3,5,9-10H,2,4,15H2;1H/t9-;/m1./s1. The van der Waals surface area contributed by atoms with Gasteiger partial charge in [-0.1, -0.05) is 17.3 Å². The first-order valence-corrected chi connectivity index (χ1v) is 5.65. The van der Waals surface area contributed by atoms with E-state index in [0.29, 0.717) is 5.56 Å². The molecule has 0 saturated heterocycles. The zero-order valence-corrected chi connectivity index (χ0v) is 10.7. The maximum absolute atomic E-state index is 12.4. The fourth-order valence-electron chi connectivity index (χ4n) is 2.23. The largest absolute Gasteiger partial charge is 0.333 e. The van der Waals surface area contributed by atoms with Crippen LogP contribution in [0.4, 0.5) is 8.78 Å². The van der Waals surface area contributed by atoms with Crippen molar-refractivity contribution in [2.45, 2.75) is 25.3 Å². The quantitative estimate of drug-likeness (QED) is 0.922. The van der Waals surface area contributed by atoms with Crippen LogP contribution in [0, 0.1) is 0 Å². The highest BCUT2D eigenvalue weighted by Crippen LogP contribution is 2.32. The Labute approximate surface area is 114 Å². The van der Waals surface area contributed by atoms with Gasteiger partial charge in [-0.3, -0.25) is 0 Å². The zero-order valence-electron chi connectivity index (χ0n) is 9.85. The molecule has 0 unspecified atom stereocenters. The Hall–Kier alpha value is -1.53. The molecule has 2 N–H and O–H groups in total. The second kappa shape index (κ2) is 5.22. The van der Waals surface area contributed by atoms with Crippen molar-refractivity contribution < 1.29 is 13.3 Å². The number of aryl methyl sites for hydroxylation is 1. The lowest BCUT2D eigenvalue weighted by atomic mass is 10.0. The topological polar surface area (TPSA) is 64.9 Å². The molecule has 1 aromatic carbocycles. The minimum absolute atomic E-state index is 0. The van der Waals surface area contributed by atoms with Gasteiger partial charge in [-0.05, 0) is 30.0 Å². The van der Waals surface area contributed by atoms with E-state index in [-0.39, 0.29) is 24.3 Å². The van der Waals surface area contributed by atoms with E-state index in [2.05, 4.69) is 14.7 Å². The van der Waals surface area contributed by atoms with Crippen molar-refractivity contribution in [3.05, 3.63) is 35.2 Å². The summed E-state index contributed by atoms with van der Waals surface area (Å²) in [5.41, 5.74) is 8.85. The van der Waals surface area contributed by atoms with Gasteiger partial charge in [0.05, 0.1) is 0 Å². The predicted octanol–water partition coefficient (Wildman–Crippen LogP) is 3.04. The molecule has 1 aromatic heterocycles. The third-order valence-electron chi connectivity index (χ3n) is 3.15. The van der Waals surface area contributed by atoms with E-state index in [1.807, 2.05) is 12.1 Å². The Morgan fingerprint density at radius 3 is 2.84 bits per heavy atom. The SMILES string of the molecule is Cl.N[C@@H]1CCc2cc(-c3noc(C(F)F)n3)ccc21. The summed E-state index contributed by atoms with van der Waals surface area (Å²) >= 11 is 0. The summed E-state index contributed by atoms with van der Waals surface area (Å²) in [6, 6.07) is 5.64. The first-order valence-electron chi connectivity index (χ1n) is 5.65. The normalized spacial score (nSPS) is 17.4. The minimum Gasteiger partial charge on any atom is -0.333 e. The van der Waals surface area contributed by atoms with E-state index in [1.54, 1.807) is 6.07 Å². The fourth-order valence-corrected chi connectivity index (χ4v) is 2.23. The Kier molecular flexibility index (Phi) is 3.82. The number of alkyl halides is 2. The number of nitrogens with zero attached hydrogens (tertiary/aromatic N) is 2. The maximum Gasteiger partial charge on any atom is 0.315 e. The second-order valence-corrected chi connectivity index (χ2v) is 4.32. The number of halogens is 3. The highest BCUT2D eigenvalue weighted by Gasteiger charge is 2.21. The number of hydrogen-bond acceptors (Lipinski definition) is 4. The molecule has 2 aromatic rings. The van der Waals surface area contributed by atoms with Crippen LogP contribution in [-0.2, 0) is 6.42 Å². The summed E-state index contributed by atoms with van der Waals surface area (Å²) in [5.74, 6) is -0.462. The molecule has 1 aliphatic rings. The number of fused-ring (bicyclic) bond motifs is 1.